The third-order valence-electron chi connectivity index (χ3n) is 1.75. The quantitative estimate of drug-likeness (QED) is 0.819. The molecule has 0 aliphatic heterocycles. The van der Waals surface area contributed by atoms with Crippen molar-refractivity contribution in [2.45, 2.75) is 13.0 Å². The van der Waals surface area contributed by atoms with Gasteiger partial charge in [-0.25, -0.2) is 0 Å². The Kier molecular flexibility index (Phi) is 5.60. The Bertz CT molecular complexity index is 297. The van der Waals surface area contributed by atoms with E-state index in [9.17, 15) is 5.11 Å². The first-order chi connectivity index (χ1) is 7.22. The van der Waals surface area contributed by atoms with Crippen LogP contribution in [0.15, 0.2) is 22.9 Å². The van der Waals surface area contributed by atoms with Crippen LogP contribution in [0, 0.1) is 0 Å². The van der Waals surface area contributed by atoms with E-state index in [1.165, 1.54) is 0 Å². The molecule has 0 aliphatic carbocycles. The van der Waals surface area contributed by atoms with Gasteiger partial charge in [0.25, 0.3) is 0 Å². The molecule has 84 valence electrons. The molecule has 1 aromatic heterocycles. The molecular weight excluding hydrogens is 260 g/mol. The molecule has 0 radical (unpaired) electrons. The van der Waals surface area contributed by atoms with Gasteiger partial charge in [0.1, 0.15) is 18.5 Å². The highest BCUT2D eigenvalue weighted by Crippen LogP contribution is 2.15. The van der Waals surface area contributed by atoms with Crippen LogP contribution in [0.4, 0.5) is 0 Å². The van der Waals surface area contributed by atoms with Gasteiger partial charge in [-0.05, 0) is 28.5 Å². The van der Waals surface area contributed by atoms with Crippen molar-refractivity contribution in [3.05, 3.63) is 22.9 Å². The van der Waals surface area contributed by atoms with E-state index in [1.54, 1.807) is 12.4 Å². The first-order valence-corrected chi connectivity index (χ1v) is 5.63. The zero-order chi connectivity index (χ0) is 11.1. The standard InChI is InChI=1S/C10H15BrN2O2/c1-2-12-5-9(14)7-15-10-3-8(11)4-13-6-10/h3-4,6,9,12,14H,2,5,7H2,1H3. The molecular formula is C10H15BrN2O2. The lowest BCUT2D eigenvalue weighted by Gasteiger charge is -2.12. The second kappa shape index (κ2) is 6.76. The third kappa shape index (κ3) is 5.11. The maximum absolute atomic E-state index is 9.49. The number of likely N-dealkylation sites (N-methyl/N-ethyl adjacent to an activating group) is 1. The van der Waals surface area contributed by atoms with Gasteiger partial charge in [-0.2, -0.15) is 0 Å². The van der Waals surface area contributed by atoms with Crippen molar-refractivity contribution >= 4 is 15.9 Å². The molecule has 1 heterocycles. The molecule has 1 atom stereocenters. The Morgan fingerprint density at radius 1 is 1.60 bits per heavy atom. The molecule has 0 bridgehead atoms. The summed E-state index contributed by atoms with van der Waals surface area (Å²) in [7, 11) is 0. The molecule has 0 saturated carbocycles. The van der Waals surface area contributed by atoms with Gasteiger partial charge in [0, 0.05) is 17.2 Å². The SMILES string of the molecule is CCNCC(O)COc1cncc(Br)c1. The second-order valence-electron chi connectivity index (χ2n) is 3.11. The number of rotatable bonds is 6. The minimum atomic E-state index is -0.496. The average Bonchev–Trinajstić information content (AvgIpc) is 2.23. The first-order valence-electron chi connectivity index (χ1n) is 4.84. The van der Waals surface area contributed by atoms with Gasteiger partial charge in [-0.3, -0.25) is 4.98 Å². The van der Waals surface area contributed by atoms with Crippen molar-refractivity contribution in [2.24, 2.45) is 0 Å². The minimum Gasteiger partial charge on any atom is -0.489 e. The van der Waals surface area contributed by atoms with Gasteiger partial charge >= 0.3 is 0 Å². The highest BCUT2D eigenvalue weighted by Gasteiger charge is 2.04. The molecule has 0 aromatic carbocycles. The summed E-state index contributed by atoms with van der Waals surface area (Å²) < 4.78 is 6.23. The molecule has 4 nitrogen and oxygen atoms in total. The van der Waals surface area contributed by atoms with Crippen LogP contribution >= 0.6 is 15.9 Å². The Balaban J connectivity index is 2.30. The first kappa shape index (κ1) is 12.4. The number of hydrogen-bond donors (Lipinski definition) is 2. The number of nitrogens with zero attached hydrogens (tertiary/aromatic N) is 1. The molecule has 0 amide bonds. The average molecular weight is 275 g/mol. The molecule has 0 spiro atoms. The number of halogens is 1. The number of hydrogen-bond acceptors (Lipinski definition) is 4. The van der Waals surface area contributed by atoms with Crippen LogP contribution < -0.4 is 10.1 Å². The van der Waals surface area contributed by atoms with Crippen LogP contribution in [-0.2, 0) is 0 Å². The molecule has 5 heteroatoms. The Hall–Kier alpha value is -0.650. The predicted molar refractivity (Wildman–Crippen MR) is 62.0 cm³/mol. The highest BCUT2D eigenvalue weighted by atomic mass is 79.9. The number of ether oxygens (including phenoxy) is 1. The Morgan fingerprint density at radius 3 is 3.07 bits per heavy atom. The van der Waals surface area contributed by atoms with E-state index in [4.69, 9.17) is 4.74 Å². The summed E-state index contributed by atoms with van der Waals surface area (Å²) in [5.41, 5.74) is 0. The van der Waals surface area contributed by atoms with E-state index < -0.39 is 6.10 Å². The summed E-state index contributed by atoms with van der Waals surface area (Å²) in [4.78, 5) is 3.96. The van der Waals surface area contributed by atoms with Gasteiger partial charge in [0.05, 0.1) is 6.20 Å². The summed E-state index contributed by atoms with van der Waals surface area (Å²) in [6.45, 7) is 3.64. The normalized spacial score (nSPS) is 12.5. The molecule has 1 rings (SSSR count). The zero-order valence-electron chi connectivity index (χ0n) is 8.61. The summed E-state index contributed by atoms with van der Waals surface area (Å²) >= 11 is 3.29. The van der Waals surface area contributed by atoms with Gasteiger partial charge in [0.2, 0.25) is 0 Å². The van der Waals surface area contributed by atoms with E-state index in [-0.39, 0.29) is 6.61 Å². The third-order valence-corrected chi connectivity index (χ3v) is 2.19. The van der Waals surface area contributed by atoms with E-state index in [1.807, 2.05) is 13.0 Å². The maximum atomic E-state index is 9.49. The fourth-order valence-corrected chi connectivity index (χ4v) is 1.38. The molecule has 1 aromatic rings. The Labute approximate surface area is 97.8 Å². The van der Waals surface area contributed by atoms with E-state index in [0.717, 1.165) is 11.0 Å². The van der Waals surface area contributed by atoms with Crippen molar-refractivity contribution in [1.29, 1.82) is 0 Å². The van der Waals surface area contributed by atoms with Gasteiger partial charge in [0.15, 0.2) is 0 Å². The van der Waals surface area contributed by atoms with Crippen LogP contribution in [0.5, 0.6) is 5.75 Å². The van der Waals surface area contributed by atoms with Crippen molar-refractivity contribution in [3.63, 3.8) is 0 Å². The fraction of sp³-hybridized carbons (Fsp3) is 0.500. The fourth-order valence-electron chi connectivity index (χ4n) is 1.03. The molecule has 0 fully saturated rings. The summed E-state index contributed by atoms with van der Waals surface area (Å²) in [5, 5.41) is 12.5. The molecule has 15 heavy (non-hydrogen) atoms. The number of aliphatic hydroxyl groups excluding tert-OH is 1. The van der Waals surface area contributed by atoms with E-state index in [2.05, 4.69) is 26.2 Å². The molecule has 0 saturated heterocycles. The van der Waals surface area contributed by atoms with Gasteiger partial charge < -0.3 is 15.2 Å². The summed E-state index contributed by atoms with van der Waals surface area (Å²) in [6.07, 6.45) is 2.80. The lowest BCUT2D eigenvalue weighted by Crippen LogP contribution is -2.31. The predicted octanol–water partition coefficient (Wildman–Crippen LogP) is 1.19. The molecule has 0 aliphatic rings. The Morgan fingerprint density at radius 2 is 2.40 bits per heavy atom. The second-order valence-corrected chi connectivity index (χ2v) is 4.03. The van der Waals surface area contributed by atoms with Crippen molar-refractivity contribution in [1.82, 2.24) is 10.3 Å². The smallest absolute Gasteiger partial charge is 0.138 e. The largest absolute Gasteiger partial charge is 0.489 e. The van der Waals surface area contributed by atoms with Crippen molar-refractivity contribution < 1.29 is 9.84 Å². The minimum absolute atomic E-state index is 0.269. The lowest BCUT2D eigenvalue weighted by atomic mass is 10.3. The number of nitrogens with one attached hydrogen (secondary N) is 1. The zero-order valence-corrected chi connectivity index (χ0v) is 10.2. The number of aromatic nitrogens is 1. The van der Waals surface area contributed by atoms with Gasteiger partial charge in [-0.15, -0.1) is 0 Å². The lowest BCUT2D eigenvalue weighted by molar-refractivity contribution is 0.107. The van der Waals surface area contributed by atoms with Crippen LogP contribution in [0.25, 0.3) is 0 Å². The van der Waals surface area contributed by atoms with Crippen LogP contribution in [-0.4, -0.2) is 35.9 Å². The summed E-state index contributed by atoms with van der Waals surface area (Å²) in [5.74, 6) is 0.653. The summed E-state index contributed by atoms with van der Waals surface area (Å²) in [6, 6.07) is 1.81. The van der Waals surface area contributed by atoms with Crippen LogP contribution in [0.1, 0.15) is 6.92 Å². The van der Waals surface area contributed by atoms with E-state index >= 15 is 0 Å². The topological polar surface area (TPSA) is 54.4 Å². The monoisotopic (exact) mass is 274 g/mol. The highest BCUT2D eigenvalue weighted by molar-refractivity contribution is 9.10. The van der Waals surface area contributed by atoms with Gasteiger partial charge in [-0.1, -0.05) is 6.92 Å². The maximum Gasteiger partial charge on any atom is 0.138 e. The number of aliphatic hydroxyl groups is 1. The van der Waals surface area contributed by atoms with Crippen molar-refractivity contribution in [2.75, 3.05) is 19.7 Å². The van der Waals surface area contributed by atoms with Crippen LogP contribution in [0.3, 0.4) is 0 Å². The van der Waals surface area contributed by atoms with Crippen molar-refractivity contribution in [3.8, 4) is 5.75 Å². The van der Waals surface area contributed by atoms with Crippen LogP contribution in [0.2, 0.25) is 0 Å². The molecule has 2 N–H and O–H groups in total. The van der Waals surface area contributed by atoms with E-state index in [0.29, 0.717) is 12.3 Å². The molecule has 1 unspecified atom stereocenters. The number of pyridine rings is 1.